The highest BCUT2D eigenvalue weighted by Crippen LogP contribution is 2.32. The number of pyridine rings is 1. The van der Waals surface area contributed by atoms with Gasteiger partial charge in [-0.3, -0.25) is 10.1 Å². The van der Waals surface area contributed by atoms with Gasteiger partial charge in [-0.05, 0) is 25.5 Å². The van der Waals surface area contributed by atoms with E-state index in [-0.39, 0.29) is 5.69 Å². The molecule has 0 saturated heterocycles. The van der Waals surface area contributed by atoms with Gasteiger partial charge in [0, 0.05) is 18.0 Å². The van der Waals surface area contributed by atoms with Crippen LogP contribution in [0.4, 0.5) is 11.5 Å². The number of hydrogen-bond acceptors (Lipinski definition) is 5. The van der Waals surface area contributed by atoms with Crippen molar-refractivity contribution in [2.45, 2.75) is 23.8 Å². The number of nitrogens with one attached hydrogen (secondary N) is 1. The SMILES string of the molecule is CNc1cc([N+](=O)[O-])cc(Sc2ccc(C)cc2C)n1. The van der Waals surface area contributed by atoms with Crippen molar-refractivity contribution in [3.8, 4) is 0 Å². The fourth-order valence-corrected chi connectivity index (χ4v) is 2.71. The molecule has 2 rings (SSSR count). The molecule has 0 amide bonds. The van der Waals surface area contributed by atoms with E-state index < -0.39 is 4.92 Å². The second kappa shape index (κ2) is 5.92. The molecular weight excluding hydrogens is 274 g/mol. The molecular formula is C14H15N3O2S. The molecule has 1 heterocycles. The maximum Gasteiger partial charge on any atom is 0.275 e. The van der Waals surface area contributed by atoms with Gasteiger partial charge in [0.15, 0.2) is 0 Å². The van der Waals surface area contributed by atoms with Crippen molar-refractivity contribution in [1.82, 2.24) is 4.98 Å². The van der Waals surface area contributed by atoms with Gasteiger partial charge in [0.05, 0.1) is 11.0 Å². The van der Waals surface area contributed by atoms with Crippen LogP contribution in [0.5, 0.6) is 0 Å². The van der Waals surface area contributed by atoms with Crippen molar-refractivity contribution in [3.05, 3.63) is 51.6 Å². The highest BCUT2D eigenvalue weighted by Gasteiger charge is 2.12. The van der Waals surface area contributed by atoms with Crippen molar-refractivity contribution in [2.24, 2.45) is 0 Å². The summed E-state index contributed by atoms with van der Waals surface area (Å²) in [6, 6.07) is 9.02. The molecule has 0 aliphatic heterocycles. The summed E-state index contributed by atoms with van der Waals surface area (Å²) in [5.41, 5.74) is 2.36. The van der Waals surface area contributed by atoms with Crippen molar-refractivity contribution in [2.75, 3.05) is 12.4 Å². The van der Waals surface area contributed by atoms with Crippen molar-refractivity contribution < 1.29 is 4.92 Å². The summed E-state index contributed by atoms with van der Waals surface area (Å²) in [5.74, 6) is 0.492. The molecule has 5 nitrogen and oxygen atoms in total. The molecule has 20 heavy (non-hydrogen) atoms. The largest absolute Gasteiger partial charge is 0.373 e. The van der Waals surface area contributed by atoms with E-state index >= 15 is 0 Å². The Kier molecular flexibility index (Phi) is 4.24. The molecule has 0 atom stereocenters. The van der Waals surface area contributed by atoms with Crippen LogP contribution in [0.2, 0.25) is 0 Å². The number of rotatable bonds is 4. The van der Waals surface area contributed by atoms with E-state index in [0.717, 1.165) is 10.5 Å². The van der Waals surface area contributed by atoms with Gasteiger partial charge in [-0.15, -0.1) is 0 Å². The van der Waals surface area contributed by atoms with Crippen LogP contribution in [0.3, 0.4) is 0 Å². The Morgan fingerprint density at radius 3 is 2.60 bits per heavy atom. The maximum absolute atomic E-state index is 10.9. The first-order valence-electron chi connectivity index (χ1n) is 6.09. The normalized spacial score (nSPS) is 10.3. The van der Waals surface area contributed by atoms with Crippen LogP contribution >= 0.6 is 11.8 Å². The molecule has 1 aromatic heterocycles. The van der Waals surface area contributed by atoms with E-state index in [1.807, 2.05) is 26.0 Å². The quantitative estimate of drug-likeness (QED) is 0.685. The second-order valence-electron chi connectivity index (χ2n) is 4.43. The van der Waals surface area contributed by atoms with Crippen LogP contribution in [0.15, 0.2) is 40.3 Å². The molecule has 104 valence electrons. The zero-order valence-corrected chi connectivity index (χ0v) is 12.3. The minimum absolute atomic E-state index is 0.0385. The lowest BCUT2D eigenvalue weighted by Gasteiger charge is -2.07. The molecule has 0 fully saturated rings. The Hall–Kier alpha value is -2.08. The molecule has 0 unspecified atom stereocenters. The summed E-state index contributed by atoms with van der Waals surface area (Å²) >= 11 is 1.43. The standard InChI is InChI=1S/C14H15N3O2S/c1-9-4-5-12(10(2)6-9)20-14-8-11(17(18)19)7-13(15-3)16-14/h4-8H,1-3H3,(H,15,16). The van der Waals surface area contributed by atoms with Crippen LogP contribution in [0.1, 0.15) is 11.1 Å². The van der Waals surface area contributed by atoms with Gasteiger partial charge in [0.2, 0.25) is 0 Å². The van der Waals surface area contributed by atoms with E-state index in [0.29, 0.717) is 10.8 Å². The predicted molar refractivity (Wildman–Crippen MR) is 80.5 cm³/mol. The lowest BCUT2D eigenvalue weighted by atomic mass is 10.2. The lowest BCUT2D eigenvalue weighted by molar-refractivity contribution is -0.385. The maximum atomic E-state index is 10.9. The van der Waals surface area contributed by atoms with Gasteiger partial charge >= 0.3 is 0 Å². The summed E-state index contributed by atoms with van der Waals surface area (Å²) < 4.78 is 0. The van der Waals surface area contributed by atoms with Crippen LogP contribution in [0.25, 0.3) is 0 Å². The molecule has 0 aliphatic carbocycles. The molecule has 0 spiro atoms. The fourth-order valence-electron chi connectivity index (χ4n) is 1.80. The first kappa shape index (κ1) is 14.3. The Morgan fingerprint density at radius 1 is 1.25 bits per heavy atom. The van der Waals surface area contributed by atoms with E-state index in [1.54, 1.807) is 7.05 Å². The van der Waals surface area contributed by atoms with Crippen molar-refractivity contribution in [3.63, 3.8) is 0 Å². The van der Waals surface area contributed by atoms with Gasteiger partial charge in [-0.25, -0.2) is 4.98 Å². The molecule has 1 N–H and O–H groups in total. The van der Waals surface area contributed by atoms with Gasteiger partial charge in [-0.2, -0.15) is 0 Å². The van der Waals surface area contributed by atoms with Crippen LogP contribution in [0, 0.1) is 24.0 Å². The lowest BCUT2D eigenvalue weighted by Crippen LogP contribution is -1.97. The molecule has 0 saturated carbocycles. The van der Waals surface area contributed by atoms with E-state index in [9.17, 15) is 10.1 Å². The average molecular weight is 289 g/mol. The van der Waals surface area contributed by atoms with Crippen LogP contribution < -0.4 is 5.32 Å². The number of hydrogen-bond donors (Lipinski definition) is 1. The third kappa shape index (κ3) is 3.27. The Morgan fingerprint density at radius 2 is 2.00 bits per heavy atom. The second-order valence-corrected chi connectivity index (χ2v) is 5.49. The molecule has 2 aromatic rings. The monoisotopic (exact) mass is 289 g/mol. The van der Waals surface area contributed by atoms with E-state index in [4.69, 9.17) is 0 Å². The zero-order chi connectivity index (χ0) is 14.7. The van der Waals surface area contributed by atoms with E-state index in [1.165, 1.54) is 29.5 Å². The van der Waals surface area contributed by atoms with Crippen molar-refractivity contribution in [1.29, 1.82) is 0 Å². The predicted octanol–water partition coefficient (Wildman–Crippen LogP) is 3.80. The minimum Gasteiger partial charge on any atom is -0.373 e. The number of nitrogens with zero attached hydrogens (tertiary/aromatic N) is 2. The van der Waals surface area contributed by atoms with Crippen LogP contribution in [-0.2, 0) is 0 Å². The van der Waals surface area contributed by atoms with Crippen LogP contribution in [-0.4, -0.2) is 17.0 Å². The number of aryl methyl sites for hydroxylation is 2. The topological polar surface area (TPSA) is 68.1 Å². The highest BCUT2D eigenvalue weighted by molar-refractivity contribution is 7.99. The Balaban J connectivity index is 2.37. The van der Waals surface area contributed by atoms with Gasteiger partial charge in [0.1, 0.15) is 10.8 Å². The molecule has 0 radical (unpaired) electrons. The zero-order valence-electron chi connectivity index (χ0n) is 11.5. The fraction of sp³-hybridized carbons (Fsp3) is 0.214. The number of nitro groups is 1. The number of benzene rings is 1. The van der Waals surface area contributed by atoms with E-state index in [2.05, 4.69) is 16.4 Å². The Bertz CT molecular complexity index is 659. The first-order valence-corrected chi connectivity index (χ1v) is 6.90. The van der Waals surface area contributed by atoms with Gasteiger partial charge < -0.3 is 5.32 Å². The summed E-state index contributed by atoms with van der Waals surface area (Å²) in [5, 5.41) is 14.4. The summed E-state index contributed by atoms with van der Waals surface area (Å²) in [7, 11) is 1.69. The third-order valence-electron chi connectivity index (χ3n) is 2.80. The average Bonchev–Trinajstić information content (AvgIpc) is 2.41. The number of anilines is 1. The third-order valence-corrected chi connectivity index (χ3v) is 3.89. The molecule has 0 aliphatic rings. The number of aromatic nitrogens is 1. The molecule has 6 heteroatoms. The van der Waals surface area contributed by atoms with Gasteiger partial charge in [-0.1, -0.05) is 29.5 Å². The molecule has 0 bridgehead atoms. The molecule has 1 aromatic carbocycles. The smallest absolute Gasteiger partial charge is 0.275 e. The summed E-state index contributed by atoms with van der Waals surface area (Å²) in [4.78, 5) is 15.9. The van der Waals surface area contributed by atoms with Crippen molar-refractivity contribution >= 4 is 23.3 Å². The highest BCUT2D eigenvalue weighted by atomic mass is 32.2. The van der Waals surface area contributed by atoms with Gasteiger partial charge in [0.25, 0.3) is 5.69 Å². The first-order chi connectivity index (χ1) is 9.49. The summed E-state index contributed by atoms with van der Waals surface area (Å²) in [6.07, 6.45) is 0. The Labute approximate surface area is 121 Å². The summed E-state index contributed by atoms with van der Waals surface area (Å²) in [6.45, 7) is 4.05. The minimum atomic E-state index is -0.408.